The molecule has 0 aliphatic heterocycles. The van der Waals surface area contributed by atoms with Crippen molar-refractivity contribution in [2.75, 3.05) is 0 Å². The Morgan fingerprint density at radius 2 is 1.90 bits per heavy atom. The Morgan fingerprint density at radius 3 is 2.40 bits per heavy atom. The standard InChI is InChI=1S/C16H21F3O/c1-4-6-8-12(5-2)15(20)13-9-7-10-14(11(13)3)16(17,18)19/h7,9-10,12H,4-6,8H2,1-3H3. The summed E-state index contributed by atoms with van der Waals surface area (Å²) in [5.74, 6) is -0.346. The van der Waals surface area contributed by atoms with Crippen molar-refractivity contribution in [3.05, 3.63) is 34.9 Å². The Morgan fingerprint density at radius 1 is 1.25 bits per heavy atom. The highest BCUT2D eigenvalue weighted by Crippen LogP contribution is 2.34. The highest BCUT2D eigenvalue weighted by molar-refractivity contribution is 5.99. The lowest BCUT2D eigenvalue weighted by atomic mass is 9.87. The first-order chi connectivity index (χ1) is 9.32. The zero-order chi connectivity index (χ0) is 15.3. The Bertz CT molecular complexity index is 463. The second kappa shape index (κ2) is 6.91. The number of halogens is 3. The quantitative estimate of drug-likeness (QED) is 0.639. The lowest BCUT2D eigenvalue weighted by Crippen LogP contribution is -2.18. The molecule has 1 rings (SSSR count). The van der Waals surface area contributed by atoms with Crippen LogP contribution in [0.2, 0.25) is 0 Å². The summed E-state index contributed by atoms with van der Waals surface area (Å²) in [4.78, 5) is 12.4. The molecule has 20 heavy (non-hydrogen) atoms. The Labute approximate surface area is 118 Å². The van der Waals surface area contributed by atoms with Crippen molar-refractivity contribution in [3.63, 3.8) is 0 Å². The Kier molecular flexibility index (Phi) is 5.78. The number of Topliss-reactive ketones (excluding diaryl/α,β-unsaturated/α-hetero) is 1. The molecule has 1 nitrogen and oxygen atoms in total. The molecule has 0 fully saturated rings. The van der Waals surface area contributed by atoms with Crippen molar-refractivity contribution in [2.24, 2.45) is 5.92 Å². The van der Waals surface area contributed by atoms with Crippen LogP contribution in [0, 0.1) is 12.8 Å². The molecule has 0 bridgehead atoms. The van der Waals surface area contributed by atoms with E-state index in [1.807, 2.05) is 13.8 Å². The summed E-state index contributed by atoms with van der Waals surface area (Å²) in [6, 6.07) is 3.84. The van der Waals surface area contributed by atoms with E-state index in [2.05, 4.69) is 0 Å². The van der Waals surface area contributed by atoms with Crippen molar-refractivity contribution in [3.8, 4) is 0 Å². The van der Waals surface area contributed by atoms with Crippen LogP contribution in [0.15, 0.2) is 18.2 Å². The van der Waals surface area contributed by atoms with Gasteiger partial charge in [0.2, 0.25) is 0 Å². The van der Waals surface area contributed by atoms with Gasteiger partial charge in [0.05, 0.1) is 5.56 Å². The topological polar surface area (TPSA) is 17.1 Å². The van der Waals surface area contributed by atoms with Gasteiger partial charge in [-0.2, -0.15) is 13.2 Å². The average molecular weight is 286 g/mol. The molecule has 0 saturated carbocycles. The van der Waals surface area contributed by atoms with Crippen LogP contribution in [0.3, 0.4) is 0 Å². The second-order valence-electron chi connectivity index (χ2n) is 5.09. The molecular formula is C16H21F3O. The smallest absolute Gasteiger partial charge is 0.294 e. The average Bonchev–Trinajstić information content (AvgIpc) is 2.38. The predicted molar refractivity (Wildman–Crippen MR) is 73.8 cm³/mol. The fraction of sp³-hybridized carbons (Fsp3) is 0.562. The van der Waals surface area contributed by atoms with Crippen LogP contribution >= 0.6 is 0 Å². The fourth-order valence-electron chi connectivity index (χ4n) is 2.40. The normalized spacial score (nSPS) is 13.3. The highest BCUT2D eigenvalue weighted by Gasteiger charge is 2.34. The summed E-state index contributed by atoms with van der Waals surface area (Å²) in [7, 11) is 0. The number of hydrogen-bond donors (Lipinski definition) is 0. The lowest BCUT2D eigenvalue weighted by molar-refractivity contribution is -0.138. The number of unbranched alkanes of at least 4 members (excludes halogenated alkanes) is 1. The van der Waals surface area contributed by atoms with Gasteiger partial charge in [-0.25, -0.2) is 0 Å². The molecular weight excluding hydrogens is 265 g/mol. The number of benzene rings is 1. The van der Waals surface area contributed by atoms with Crippen molar-refractivity contribution < 1.29 is 18.0 Å². The third kappa shape index (κ3) is 3.84. The zero-order valence-electron chi connectivity index (χ0n) is 12.2. The molecule has 1 aromatic carbocycles. The summed E-state index contributed by atoms with van der Waals surface area (Å²) in [5.41, 5.74) is -0.462. The number of rotatable bonds is 6. The summed E-state index contributed by atoms with van der Waals surface area (Å²) in [6.07, 6.45) is -1.12. The van der Waals surface area contributed by atoms with Crippen LogP contribution in [-0.4, -0.2) is 5.78 Å². The van der Waals surface area contributed by atoms with Crippen molar-refractivity contribution in [1.29, 1.82) is 0 Å². The molecule has 0 aliphatic carbocycles. The minimum absolute atomic E-state index is 0.0416. The van der Waals surface area contributed by atoms with E-state index < -0.39 is 11.7 Å². The van der Waals surface area contributed by atoms with Gasteiger partial charge in [-0.05, 0) is 31.4 Å². The van der Waals surface area contributed by atoms with Gasteiger partial charge < -0.3 is 0 Å². The van der Waals surface area contributed by atoms with E-state index >= 15 is 0 Å². The van der Waals surface area contributed by atoms with E-state index in [4.69, 9.17) is 0 Å². The van der Waals surface area contributed by atoms with Gasteiger partial charge in [0.1, 0.15) is 0 Å². The number of carbonyl (C=O) groups is 1. The first-order valence-corrected chi connectivity index (χ1v) is 7.03. The molecule has 0 amide bonds. The van der Waals surface area contributed by atoms with E-state index in [0.717, 1.165) is 25.3 Å². The van der Waals surface area contributed by atoms with Gasteiger partial charge in [0.25, 0.3) is 0 Å². The summed E-state index contributed by atoms with van der Waals surface area (Å²) < 4.78 is 38.6. The molecule has 4 heteroatoms. The summed E-state index contributed by atoms with van der Waals surface area (Å²) in [5, 5.41) is 0. The van der Waals surface area contributed by atoms with Gasteiger partial charge in [0.15, 0.2) is 5.78 Å². The number of alkyl halides is 3. The molecule has 0 saturated heterocycles. The van der Waals surface area contributed by atoms with Gasteiger partial charge in [-0.1, -0.05) is 38.8 Å². The third-order valence-corrected chi connectivity index (χ3v) is 3.67. The molecule has 1 aromatic rings. The molecule has 0 spiro atoms. The molecule has 0 N–H and O–H groups in total. The van der Waals surface area contributed by atoms with E-state index in [-0.39, 0.29) is 22.8 Å². The van der Waals surface area contributed by atoms with Crippen LogP contribution in [0.5, 0.6) is 0 Å². The molecule has 1 atom stereocenters. The van der Waals surface area contributed by atoms with E-state index in [0.29, 0.717) is 6.42 Å². The van der Waals surface area contributed by atoms with Crippen LogP contribution in [0.1, 0.15) is 61.0 Å². The largest absolute Gasteiger partial charge is 0.416 e. The monoisotopic (exact) mass is 286 g/mol. The van der Waals surface area contributed by atoms with Crippen LogP contribution < -0.4 is 0 Å². The Balaban J connectivity index is 3.10. The van der Waals surface area contributed by atoms with E-state index in [1.165, 1.54) is 19.1 Å². The van der Waals surface area contributed by atoms with Crippen molar-refractivity contribution in [2.45, 2.75) is 52.6 Å². The van der Waals surface area contributed by atoms with E-state index in [9.17, 15) is 18.0 Å². The van der Waals surface area contributed by atoms with Gasteiger partial charge in [0, 0.05) is 11.5 Å². The van der Waals surface area contributed by atoms with Crippen LogP contribution in [0.4, 0.5) is 13.2 Å². The molecule has 0 aliphatic rings. The van der Waals surface area contributed by atoms with Gasteiger partial charge in [-0.3, -0.25) is 4.79 Å². The first kappa shape index (κ1) is 16.7. The SMILES string of the molecule is CCCCC(CC)C(=O)c1cccc(C(F)(F)F)c1C. The minimum Gasteiger partial charge on any atom is -0.294 e. The maximum absolute atomic E-state index is 12.9. The molecule has 0 aromatic heterocycles. The highest BCUT2D eigenvalue weighted by atomic mass is 19.4. The molecule has 0 radical (unpaired) electrons. The van der Waals surface area contributed by atoms with E-state index in [1.54, 1.807) is 0 Å². The number of hydrogen-bond acceptors (Lipinski definition) is 1. The van der Waals surface area contributed by atoms with Crippen LogP contribution in [-0.2, 0) is 6.18 Å². The minimum atomic E-state index is -4.41. The zero-order valence-corrected chi connectivity index (χ0v) is 12.2. The maximum Gasteiger partial charge on any atom is 0.416 e. The first-order valence-electron chi connectivity index (χ1n) is 7.03. The maximum atomic E-state index is 12.9. The molecule has 1 unspecified atom stereocenters. The van der Waals surface area contributed by atoms with Crippen molar-refractivity contribution in [1.82, 2.24) is 0 Å². The summed E-state index contributed by atoms with van der Waals surface area (Å²) >= 11 is 0. The Hall–Kier alpha value is -1.32. The number of carbonyl (C=O) groups excluding carboxylic acids is 1. The number of ketones is 1. The lowest BCUT2D eigenvalue weighted by Gasteiger charge is -2.17. The third-order valence-electron chi connectivity index (χ3n) is 3.67. The van der Waals surface area contributed by atoms with Gasteiger partial charge >= 0.3 is 6.18 Å². The second-order valence-corrected chi connectivity index (χ2v) is 5.09. The van der Waals surface area contributed by atoms with Gasteiger partial charge in [-0.15, -0.1) is 0 Å². The predicted octanol–water partition coefficient (Wildman–Crippen LogP) is 5.41. The molecule has 0 heterocycles. The summed E-state index contributed by atoms with van der Waals surface area (Å²) in [6.45, 7) is 5.32. The fourth-order valence-corrected chi connectivity index (χ4v) is 2.40. The van der Waals surface area contributed by atoms with Crippen LogP contribution in [0.25, 0.3) is 0 Å². The molecule has 112 valence electrons. The van der Waals surface area contributed by atoms with Crippen molar-refractivity contribution >= 4 is 5.78 Å².